The first kappa shape index (κ1) is 23.9. The molecule has 4 nitrogen and oxygen atoms in total. The Bertz CT molecular complexity index is 1150. The van der Waals surface area contributed by atoms with Crippen LogP contribution in [0, 0.1) is 18.8 Å². The zero-order valence-electron chi connectivity index (χ0n) is 20.3. The fourth-order valence-corrected chi connectivity index (χ4v) is 4.84. The standard InChI is InChI=1S/C30H33NO3/c1-22-24(11-7-13-27(22)25-9-5-4-6-10-25)15-14-23-19-29(33-2)28(30(20-23)34-3)21-31-17-8-12-26(31)16-18-32/h4-7,9-11,13,19-20,26,32H,8,12,16-18,21H2,1-3H3. The number of likely N-dealkylation sites (tertiary alicyclic amines) is 1. The number of hydrogen-bond donors (Lipinski definition) is 1. The first-order valence-electron chi connectivity index (χ1n) is 11.9. The summed E-state index contributed by atoms with van der Waals surface area (Å²) in [4.78, 5) is 2.42. The van der Waals surface area contributed by atoms with Crippen LogP contribution in [0.3, 0.4) is 0 Å². The van der Waals surface area contributed by atoms with Crippen LogP contribution in [0.5, 0.6) is 11.5 Å². The maximum absolute atomic E-state index is 9.41. The second-order valence-corrected chi connectivity index (χ2v) is 8.73. The summed E-state index contributed by atoms with van der Waals surface area (Å²) in [5.74, 6) is 8.25. The molecule has 1 aliphatic heterocycles. The molecule has 4 rings (SSSR count). The number of benzene rings is 3. The van der Waals surface area contributed by atoms with Gasteiger partial charge in [-0.15, -0.1) is 0 Å². The summed E-state index contributed by atoms with van der Waals surface area (Å²) in [6.45, 7) is 4.10. The molecule has 4 heteroatoms. The van der Waals surface area contributed by atoms with Crippen LogP contribution in [0.2, 0.25) is 0 Å². The Hall–Kier alpha value is -3.26. The zero-order chi connectivity index (χ0) is 23.9. The van der Waals surface area contributed by atoms with E-state index >= 15 is 0 Å². The lowest BCUT2D eigenvalue weighted by Gasteiger charge is -2.25. The van der Waals surface area contributed by atoms with Crippen molar-refractivity contribution in [1.29, 1.82) is 0 Å². The summed E-state index contributed by atoms with van der Waals surface area (Å²) < 4.78 is 11.5. The fraction of sp³-hybridized carbons (Fsp3) is 0.333. The minimum Gasteiger partial charge on any atom is -0.496 e. The van der Waals surface area contributed by atoms with Crippen molar-refractivity contribution in [2.24, 2.45) is 0 Å². The molecule has 0 radical (unpaired) electrons. The molecule has 0 spiro atoms. The summed E-state index contributed by atoms with van der Waals surface area (Å²) >= 11 is 0. The number of nitrogens with zero attached hydrogens (tertiary/aromatic N) is 1. The van der Waals surface area contributed by atoms with Crippen LogP contribution in [-0.4, -0.2) is 43.4 Å². The van der Waals surface area contributed by atoms with Gasteiger partial charge in [-0.25, -0.2) is 0 Å². The number of methoxy groups -OCH3 is 2. The maximum atomic E-state index is 9.41. The van der Waals surface area contributed by atoms with Crippen molar-refractivity contribution < 1.29 is 14.6 Å². The van der Waals surface area contributed by atoms with Gasteiger partial charge in [-0.05, 0) is 67.6 Å². The molecule has 1 N–H and O–H groups in total. The van der Waals surface area contributed by atoms with E-state index in [1.807, 2.05) is 18.2 Å². The Morgan fingerprint density at radius 2 is 1.71 bits per heavy atom. The van der Waals surface area contributed by atoms with Gasteiger partial charge in [-0.3, -0.25) is 4.90 Å². The molecule has 1 fully saturated rings. The maximum Gasteiger partial charge on any atom is 0.128 e. The third-order valence-electron chi connectivity index (χ3n) is 6.69. The van der Waals surface area contributed by atoms with Gasteiger partial charge in [0.25, 0.3) is 0 Å². The molecule has 176 valence electrons. The first-order valence-corrected chi connectivity index (χ1v) is 11.9. The molecule has 1 saturated heterocycles. The molecule has 34 heavy (non-hydrogen) atoms. The molecule has 0 bridgehead atoms. The van der Waals surface area contributed by atoms with Gasteiger partial charge in [0, 0.05) is 30.3 Å². The van der Waals surface area contributed by atoms with Crippen molar-refractivity contribution in [2.45, 2.75) is 38.8 Å². The van der Waals surface area contributed by atoms with Crippen LogP contribution >= 0.6 is 0 Å². The van der Waals surface area contributed by atoms with E-state index in [-0.39, 0.29) is 6.61 Å². The summed E-state index contributed by atoms with van der Waals surface area (Å²) in [5, 5.41) is 9.41. The van der Waals surface area contributed by atoms with E-state index < -0.39 is 0 Å². The lowest BCUT2D eigenvalue weighted by atomic mass is 9.96. The van der Waals surface area contributed by atoms with Crippen LogP contribution in [0.1, 0.15) is 41.5 Å². The summed E-state index contributed by atoms with van der Waals surface area (Å²) in [7, 11) is 3.39. The predicted octanol–water partition coefficient (Wildman–Crippen LogP) is 5.43. The zero-order valence-corrected chi connectivity index (χ0v) is 20.3. The topological polar surface area (TPSA) is 41.9 Å². The quantitative estimate of drug-likeness (QED) is 0.483. The van der Waals surface area contributed by atoms with Crippen molar-refractivity contribution in [2.75, 3.05) is 27.4 Å². The lowest BCUT2D eigenvalue weighted by Crippen LogP contribution is -2.30. The number of aliphatic hydroxyl groups excluding tert-OH is 1. The molecule has 1 atom stereocenters. The van der Waals surface area contributed by atoms with E-state index in [1.165, 1.54) is 16.7 Å². The summed E-state index contributed by atoms with van der Waals surface area (Å²) in [5.41, 5.74) is 6.45. The van der Waals surface area contributed by atoms with Crippen molar-refractivity contribution in [1.82, 2.24) is 4.90 Å². The second kappa shape index (κ2) is 11.2. The highest BCUT2D eigenvalue weighted by atomic mass is 16.5. The van der Waals surface area contributed by atoms with Crippen LogP contribution in [0.25, 0.3) is 11.1 Å². The monoisotopic (exact) mass is 455 g/mol. The average Bonchev–Trinajstić information content (AvgIpc) is 3.31. The van der Waals surface area contributed by atoms with Crippen LogP contribution in [0.4, 0.5) is 0 Å². The number of hydrogen-bond acceptors (Lipinski definition) is 4. The third kappa shape index (κ3) is 5.28. The second-order valence-electron chi connectivity index (χ2n) is 8.73. The molecular weight excluding hydrogens is 422 g/mol. The summed E-state index contributed by atoms with van der Waals surface area (Å²) in [6, 6.07) is 21.1. The molecule has 3 aromatic carbocycles. The van der Waals surface area contributed by atoms with Gasteiger partial charge >= 0.3 is 0 Å². The van der Waals surface area contributed by atoms with Crippen molar-refractivity contribution in [3.63, 3.8) is 0 Å². The van der Waals surface area contributed by atoms with Crippen LogP contribution < -0.4 is 9.47 Å². The normalized spacial score (nSPS) is 15.6. The Morgan fingerprint density at radius 1 is 0.971 bits per heavy atom. The molecule has 1 aliphatic rings. The van der Waals surface area contributed by atoms with E-state index in [0.29, 0.717) is 6.04 Å². The van der Waals surface area contributed by atoms with E-state index in [0.717, 1.165) is 60.5 Å². The molecular formula is C30H33NO3. The molecule has 0 saturated carbocycles. The Labute approximate surface area is 203 Å². The molecule has 1 heterocycles. The van der Waals surface area contributed by atoms with Gasteiger partial charge in [0.1, 0.15) is 11.5 Å². The highest BCUT2D eigenvalue weighted by molar-refractivity contribution is 5.70. The van der Waals surface area contributed by atoms with Crippen molar-refractivity contribution in [3.05, 3.63) is 82.9 Å². The number of ether oxygens (including phenoxy) is 2. The number of rotatable bonds is 7. The van der Waals surface area contributed by atoms with Gasteiger partial charge in [-0.1, -0.05) is 54.3 Å². The molecule has 0 aromatic heterocycles. The SMILES string of the molecule is COc1cc(C#Cc2cccc(-c3ccccc3)c2C)cc(OC)c1CN1CCCC1CCO. The van der Waals surface area contributed by atoms with Crippen LogP contribution in [-0.2, 0) is 6.54 Å². The first-order chi connectivity index (χ1) is 16.6. The summed E-state index contributed by atoms with van der Waals surface area (Å²) in [6.07, 6.45) is 3.08. The van der Waals surface area contributed by atoms with Gasteiger partial charge in [0.05, 0.1) is 19.8 Å². The smallest absolute Gasteiger partial charge is 0.128 e. The van der Waals surface area contributed by atoms with Crippen molar-refractivity contribution >= 4 is 0 Å². The highest BCUT2D eigenvalue weighted by Gasteiger charge is 2.26. The van der Waals surface area contributed by atoms with E-state index in [9.17, 15) is 5.11 Å². The average molecular weight is 456 g/mol. The minimum atomic E-state index is 0.217. The molecule has 0 aliphatic carbocycles. The lowest BCUT2D eigenvalue weighted by molar-refractivity contribution is 0.187. The minimum absolute atomic E-state index is 0.217. The third-order valence-corrected chi connectivity index (χ3v) is 6.69. The van der Waals surface area contributed by atoms with Gasteiger partial charge in [0.2, 0.25) is 0 Å². The Kier molecular flexibility index (Phi) is 7.90. The van der Waals surface area contributed by atoms with E-state index in [1.54, 1.807) is 14.2 Å². The fourth-order valence-electron chi connectivity index (χ4n) is 4.84. The Morgan fingerprint density at radius 3 is 2.38 bits per heavy atom. The molecule has 0 amide bonds. The van der Waals surface area contributed by atoms with Gasteiger partial charge < -0.3 is 14.6 Å². The number of aliphatic hydroxyl groups is 1. The Balaban J connectivity index is 1.64. The van der Waals surface area contributed by atoms with E-state index in [2.05, 4.69) is 66.1 Å². The van der Waals surface area contributed by atoms with Gasteiger partial charge in [-0.2, -0.15) is 0 Å². The highest BCUT2D eigenvalue weighted by Crippen LogP contribution is 2.34. The molecule has 3 aromatic rings. The van der Waals surface area contributed by atoms with Crippen molar-refractivity contribution in [3.8, 4) is 34.5 Å². The van der Waals surface area contributed by atoms with E-state index in [4.69, 9.17) is 9.47 Å². The van der Waals surface area contributed by atoms with Gasteiger partial charge in [0.15, 0.2) is 0 Å². The predicted molar refractivity (Wildman–Crippen MR) is 137 cm³/mol. The largest absolute Gasteiger partial charge is 0.496 e. The molecule has 1 unspecified atom stereocenters. The van der Waals surface area contributed by atoms with Crippen LogP contribution in [0.15, 0.2) is 60.7 Å².